The van der Waals surface area contributed by atoms with E-state index in [0.29, 0.717) is 11.3 Å². The summed E-state index contributed by atoms with van der Waals surface area (Å²) >= 11 is 0. The van der Waals surface area contributed by atoms with Crippen molar-refractivity contribution in [2.75, 3.05) is 0 Å². The Labute approximate surface area is 122 Å². The average Bonchev–Trinajstić information content (AvgIpc) is 2.81. The molecular weight excluding hydrogens is 249 g/mol. The Morgan fingerprint density at radius 2 is 1.90 bits per heavy atom. The standard InChI is InChI=1S/C18H28FN/c1-13(2)12-18(8-4-5-9-18)17(20)11-15-6-7-16(19)10-14(15)3/h6-7,10,13,17H,4-5,8-9,11-12,20H2,1-3H3. The summed E-state index contributed by atoms with van der Waals surface area (Å²) in [6.07, 6.45) is 7.22. The number of aryl methyl sites for hydroxylation is 1. The van der Waals surface area contributed by atoms with Crippen LogP contribution >= 0.6 is 0 Å². The van der Waals surface area contributed by atoms with Gasteiger partial charge in [-0.05, 0) is 67.2 Å². The topological polar surface area (TPSA) is 26.0 Å². The van der Waals surface area contributed by atoms with E-state index in [9.17, 15) is 4.39 Å². The van der Waals surface area contributed by atoms with E-state index < -0.39 is 0 Å². The molecule has 1 atom stereocenters. The van der Waals surface area contributed by atoms with Crippen LogP contribution in [-0.4, -0.2) is 6.04 Å². The molecule has 1 fully saturated rings. The number of nitrogens with two attached hydrogens (primary N) is 1. The van der Waals surface area contributed by atoms with Crippen LogP contribution in [-0.2, 0) is 6.42 Å². The van der Waals surface area contributed by atoms with Gasteiger partial charge in [0.1, 0.15) is 5.82 Å². The van der Waals surface area contributed by atoms with Crippen LogP contribution < -0.4 is 5.73 Å². The predicted octanol–water partition coefficient (Wildman–Crippen LogP) is 4.61. The summed E-state index contributed by atoms with van der Waals surface area (Å²) < 4.78 is 13.2. The SMILES string of the molecule is Cc1cc(F)ccc1CC(N)C1(CC(C)C)CCCC1. The number of halogens is 1. The molecule has 1 aliphatic rings. The Hall–Kier alpha value is -0.890. The maximum Gasteiger partial charge on any atom is 0.123 e. The predicted molar refractivity (Wildman–Crippen MR) is 83.2 cm³/mol. The first-order valence-corrected chi connectivity index (χ1v) is 7.93. The minimum atomic E-state index is -0.155. The minimum absolute atomic E-state index is 0.155. The van der Waals surface area contributed by atoms with Gasteiger partial charge in [0.25, 0.3) is 0 Å². The van der Waals surface area contributed by atoms with Crippen LogP contribution in [0.25, 0.3) is 0 Å². The molecule has 0 radical (unpaired) electrons. The lowest BCUT2D eigenvalue weighted by Gasteiger charge is -2.37. The molecule has 1 aliphatic carbocycles. The highest BCUT2D eigenvalue weighted by Crippen LogP contribution is 2.46. The molecule has 0 heterocycles. The normalized spacial score (nSPS) is 19.5. The Morgan fingerprint density at radius 1 is 1.25 bits per heavy atom. The van der Waals surface area contributed by atoms with Crippen molar-refractivity contribution >= 4 is 0 Å². The van der Waals surface area contributed by atoms with Crippen molar-refractivity contribution in [1.29, 1.82) is 0 Å². The van der Waals surface area contributed by atoms with Crippen LogP contribution in [0.4, 0.5) is 4.39 Å². The van der Waals surface area contributed by atoms with Crippen molar-refractivity contribution < 1.29 is 4.39 Å². The molecule has 20 heavy (non-hydrogen) atoms. The molecule has 0 bridgehead atoms. The van der Waals surface area contributed by atoms with Crippen LogP contribution in [0, 0.1) is 24.1 Å². The molecule has 0 saturated heterocycles. The first kappa shape index (κ1) is 15.5. The van der Waals surface area contributed by atoms with Crippen LogP contribution in [0.2, 0.25) is 0 Å². The molecule has 2 N–H and O–H groups in total. The van der Waals surface area contributed by atoms with Crippen LogP contribution in [0.1, 0.15) is 57.1 Å². The monoisotopic (exact) mass is 277 g/mol. The van der Waals surface area contributed by atoms with E-state index in [1.807, 2.05) is 13.0 Å². The van der Waals surface area contributed by atoms with Crippen molar-refractivity contribution in [3.05, 3.63) is 35.1 Å². The second-order valence-corrected chi connectivity index (χ2v) is 7.05. The maximum atomic E-state index is 13.2. The fourth-order valence-corrected chi connectivity index (χ4v) is 3.96. The van der Waals surface area contributed by atoms with E-state index in [1.54, 1.807) is 12.1 Å². The van der Waals surface area contributed by atoms with Crippen LogP contribution in [0.15, 0.2) is 18.2 Å². The van der Waals surface area contributed by atoms with Gasteiger partial charge in [-0.25, -0.2) is 4.39 Å². The van der Waals surface area contributed by atoms with Crippen molar-refractivity contribution in [2.45, 2.75) is 65.3 Å². The molecule has 2 heteroatoms. The van der Waals surface area contributed by atoms with Gasteiger partial charge in [-0.1, -0.05) is 32.8 Å². The molecular formula is C18H28FN. The van der Waals surface area contributed by atoms with E-state index in [2.05, 4.69) is 13.8 Å². The molecule has 0 spiro atoms. The van der Waals surface area contributed by atoms with Crippen LogP contribution in [0.5, 0.6) is 0 Å². The van der Waals surface area contributed by atoms with Crippen molar-refractivity contribution in [1.82, 2.24) is 0 Å². The lowest BCUT2D eigenvalue weighted by atomic mass is 9.71. The zero-order valence-corrected chi connectivity index (χ0v) is 13.1. The Morgan fingerprint density at radius 3 is 2.45 bits per heavy atom. The molecule has 0 amide bonds. The second kappa shape index (κ2) is 6.26. The summed E-state index contributed by atoms with van der Waals surface area (Å²) in [6.45, 7) is 6.56. The van der Waals surface area contributed by atoms with Gasteiger partial charge < -0.3 is 5.73 Å². The number of hydrogen-bond acceptors (Lipinski definition) is 1. The highest BCUT2D eigenvalue weighted by Gasteiger charge is 2.39. The number of benzene rings is 1. The smallest absolute Gasteiger partial charge is 0.123 e. The first-order chi connectivity index (χ1) is 9.43. The third-order valence-corrected chi connectivity index (χ3v) is 4.95. The average molecular weight is 277 g/mol. The molecule has 2 rings (SSSR count). The maximum absolute atomic E-state index is 13.2. The quantitative estimate of drug-likeness (QED) is 0.835. The van der Waals surface area contributed by atoms with E-state index >= 15 is 0 Å². The Balaban J connectivity index is 2.14. The highest BCUT2D eigenvalue weighted by atomic mass is 19.1. The van der Waals surface area contributed by atoms with Crippen molar-refractivity contribution in [3.63, 3.8) is 0 Å². The largest absolute Gasteiger partial charge is 0.327 e. The summed E-state index contributed by atoms with van der Waals surface area (Å²) in [5.41, 5.74) is 9.14. The summed E-state index contributed by atoms with van der Waals surface area (Å²) in [5.74, 6) is 0.533. The van der Waals surface area contributed by atoms with E-state index in [1.165, 1.54) is 37.7 Å². The molecule has 1 unspecified atom stereocenters. The molecule has 1 nitrogen and oxygen atoms in total. The number of rotatable bonds is 5. The zero-order valence-electron chi connectivity index (χ0n) is 13.1. The summed E-state index contributed by atoms with van der Waals surface area (Å²) in [6, 6.07) is 5.27. The van der Waals surface area contributed by atoms with Gasteiger partial charge in [0.2, 0.25) is 0 Å². The molecule has 0 aromatic heterocycles. The fraction of sp³-hybridized carbons (Fsp3) is 0.667. The zero-order chi connectivity index (χ0) is 14.8. The van der Waals surface area contributed by atoms with Crippen molar-refractivity contribution in [3.8, 4) is 0 Å². The van der Waals surface area contributed by atoms with Crippen molar-refractivity contribution in [2.24, 2.45) is 17.1 Å². The second-order valence-electron chi connectivity index (χ2n) is 7.05. The Bertz CT molecular complexity index is 447. The molecule has 1 saturated carbocycles. The molecule has 1 aromatic rings. The van der Waals surface area contributed by atoms with Gasteiger partial charge in [0.15, 0.2) is 0 Å². The van der Waals surface area contributed by atoms with E-state index in [4.69, 9.17) is 5.73 Å². The third-order valence-electron chi connectivity index (χ3n) is 4.95. The van der Waals surface area contributed by atoms with E-state index in [-0.39, 0.29) is 11.9 Å². The van der Waals surface area contributed by atoms with Gasteiger partial charge in [0.05, 0.1) is 0 Å². The summed E-state index contributed by atoms with van der Waals surface area (Å²) in [7, 11) is 0. The van der Waals surface area contributed by atoms with Crippen LogP contribution in [0.3, 0.4) is 0 Å². The number of hydrogen-bond donors (Lipinski definition) is 1. The highest BCUT2D eigenvalue weighted by molar-refractivity contribution is 5.27. The van der Waals surface area contributed by atoms with Gasteiger partial charge in [-0.3, -0.25) is 0 Å². The third kappa shape index (κ3) is 3.41. The fourth-order valence-electron chi connectivity index (χ4n) is 3.96. The summed E-state index contributed by atoms with van der Waals surface area (Å²) in [5, 5.41) is 0. The van der Waals surface area contributed by atoms with Gasteiger partial charge >= 0.3 is 0 Å². The minimum Gasteiger partial charge on any atom is -0.327 e. The lowest BCUT2D eigenvalue weighted by Crippen LogP contribution is -2.42. The van der Waals surface area contributed by atoms with Gasteiger partial charge in [0, 0.05) is 6.04 Å². The summed E-state index contributed by atoms with van der Waals surface area (Å²) in [4.78, 5) is 0. The first-order valence-electron chi connectivity index (χ1n) is 7.93. The lowest BCUT2D eigenvalue weighted by molar-refractivity contribution is 0.181. The van der Waals surface area contributed by atoms with E-state index in [0.717, 1.165) is 12.0 Å². The molecule has 112 valence electrons. The van der Waals surface area contributed by atoms with Gasteiger partial charge in [-0.15, -0.1) is 0 Å². The Kier molecular flexibility index (Phi) is 4.85. The van der Waals surface area contributed by atoms with Gasteiger partial charge in [-0.2, -0.15) is 0 Å². The molecule has 0 aliphatic heterocycles. The molecule has 1 aromatic carbocycles.